The van der Waals surface area contributed by atoms with Gasteiger partial charge in [-0.25, -0.2) is 4.98 Å². The molecule has 1 atom stereocenters. The Kier molecular flexibility index (Phi) is 7.06. The second kappa shape index (κ2) is 9.27. The Bertz CT molecular complexity index is 776. The number of carbonyl (C=O) groups excluding carboxylic acids is 1. The van der Waals surface area contributed by atoms with Crippen LogP contribution >= 0.6 is 11.8 Å². The molecule has 2 aromatic rings. The number of aryl methyl sites for hydroxylation is 1. The largest absolute Gasteiger partial charge is 0.492 e. The first-order chi connectivity index (χ1) is 12.0. The van der Waals surface area contributed by atoms with Crippen LogP contribution in [0, 0.1) is 0 Å². The number of ether oxygens (including phenoxy) is 1. The van der Waals surface area contributed by atoms with Crippen LogP contribution in [0.3, 0.4) is 0 Å². The molecule has 1 aromatic heterocycles. The van der Waals surface area contributed by atoms with Crippen LogP contribution in [0.15, 0.2) is 40.3 Å². The van der Waals surface area contributed by atoms with E-state index in [-0.39, 0.29) is 11.5 Å². The van der Waals surface area contributed by atoms with E-state index >= 15 is 0 Å². The summed E-state index contributed by atoms with van der Waals surface area (Å²) in [4.78, 5) is 31.3. The van der Waals surface area contributed by atoms with Crippen molar-refractivity contribution in [3.63, 3.8) is 0 Å². The molecule has 1 heterocycles. The lowest BCUT2D eigenvalue weighted by Crippen LogP contribution is -2.23. The Balaban J connectivity index is 2.07. The van der Waals surface area contributed by atoms with Crippen molar-refractivity contribution in [1.29, 1.82) is 0 Å². The number of hydrogen-bond donors (Lipinski definition) is 2. The normalized spacial score (nSPS) is 11.8. The molecule has 0 bridgehead atoms. The van der Waals surface area contributed by atoms with Gasteiger partial charge in [-0.2, -0.15) is 0 Å². The van der Waals surface area contributed by atoms with E-state index in [9.17, 15) is 9.59 Å². The maximum Gasteiger partial charge on any atom is 0.251 e. The number of H-pyrrole nitrogens is 1. The topological polar surface area (TPSA) is 84.1 Å². The van der Waals surface area contributed by atoms with Crippen LogP contribution in [-0.2, 0) is 11.2 Å². The van der Waals surface area contributed by atoms with E-state index < -0.39 is 5.25 Å². The molecule has 0 spiro atoms. The Labute approximate surface area is 151 Å². The zero-order valence-corrected chi connectivity index (χ0v) is 15.5. The molecule has 134 valence electrons. The third kappa shape index (κ3) is 5.63. The highest BCUT2D eigenvalue weighted by Crippen LogP contribution is 2.26. The van der Waals surface area contributed by atoms with Crippen LogP contribution in [0.1, 0.15) is 32.9 Å². The van der Waals surface area contributed by atoms with Crippen molar-refractivity contribution < 1.29 is 9.53 Å². The number of benzene rings is 1. The van der Waals surface area contributed by atoms with Crippen molar-refractivity contribution in [2.75, 3.05) is 11.9 Å². The van der Waals surface area contributed by atoms with E-state index in [1.807, 2.05) is 32.0 Å². The highest BCUT2D eigenvalue weighted by molar-refractivity contribution is 8.00. The molecule has 6 nitrogen and oxygen atoms in total. The summed E-state index contributed by atoms with van der Waals surface area (Å²) < 4.78 is 5.51. The summed E-state index contributed by atoms with van der Waals surface area (Å²) in [6.45, 7) is 6.21. The molecule has 0 aliphatic carbocycles. The summed E-state index contributed by atoms with van der Waals surface area (Å²) >= 11 is 1.22. The Morgan fingerprint density at radius 2 is 2.12 bits per heavy atom. The lowest BCUT2D eigenvalue weighted by atomic mass is 10.2. The number of nitrogens with zero attached hydrogens (tertiary/aromatic N) is 1. The Morgan fingerprint density at radius 3 is 2.84 bits per heavy atom. The molecule has 0 saturated heterocycles. The van der Waals surface area contributed by atoms with Crippen molar-refractivity contribution in [3.8, 4) is 5.75 Å². The zero-order valence-electron chi connectivity index (χ0n) is 14.7. The molecule has 0 unspecified atom stereocenters. The van der Waals surface area contributed by atoms with Gasteiger partial charge < -0.3 is 15.0 Å². The van der Waals surface area contributed by atoms with Gasteiger partial charge in [-0.3, -0.25) is 9.59 Å². The summed E-state index contributed by atoms with van der Waals surface area (Å²) in [6.07, 6.45) is 1.64. The van der Waals surface area contributed by atoms with Gasteiger partial charge in [-0.15, -0.1) is 0 Å². The van der Waals surface area contributed by atoms with E-state index in [2.05, 4.69) is 15.3 Å². The molecule has 0 radical (unpaired) electrons. The fraction of sp³-hybridized carbons (Fsp3) is 0.389. The number of anilines is 1. The summed E-state index contributed by atoms with van der Waals surface area (Å²) in [7, 11) is 0. The predicted octanol–water partition coefficient (Wildman–Crippen LogP) is 3.24. The van der Waals surface area contributed by atoms with Gasteiger partial charge in [-0.1, -0.05) is 37.2 Å². The molecule has 1 amide bonds. The lowest BCUT2D eigenvalue weighted by Gasteiger charge is -2.14. The maximum atomic E-state index is 12.5. The second-order valence-corrected chi connectivity index (χ2v) is 6.80. The quantitative estimate of drug-likeness (QED) is 0.557. The number of amides is 1. The predicted molar refractivity (Wildman–Crippen MR) is 100 cm³/mol. The third-order valence-electron chi connectivity index (χ3n) is 3.38. The molecule has 2 N–H and O–H groups in total. The number of nitrogens with one attached hydrogen (secondary N) is 2. The molecule has 2 rings (SSSR count). The Hall–Kier alpha value is -2.28. The average Bonchev–Trinajstić information content (AvgIpc) is 2.56. The van der Waals surface area contributed by atoms with E-state index in [0.717, 1.165) is 18.5 Å². The van der Waals surface area contributed by atoms with Gasteiger partial charge in [0.2, 0.25) is 5.91 Å². The second-order valence-electron chi connectivity index (χ2n) is 5.47. The molecule has 0 aliphatic heterocycles. The number of para-hydroxylation sites is 2. The summed E-state index contributed by atoms with van der Waals surface area (Å²) in [5.74, 6) is 0.452. The first-order valence-corrected chi connectivity index (χ1v) is 9.21. The molecule has 0 saturated carbocycles. The van der Waals surface area contributed by atoms with Crippen molar-refractivity contribution in [2.24, 2.45) is 0 Å². The van der Waals surface area contributed by atoms with Crippen LogP contribution in [0.4, 0.5) is 5.69 Å². The monoisotopic (exact) mass is 361 g/mol. The molecule has 25 heavy (non-hydrogen) atoms. The average molecular weight is 361 g/mol. The maximum absolute atomic E-state index is 12.5. The number of hydrogen-bond acceptors (Lipinski definition) is 5. The van der Waals surface area contributed by atoms with Crippen LogP contribution in [0.5, 0.6) is 5.75 Å². The van der Waals surface area contributed by atoms with Crippen molar-refractivity contribution in [1.82, 2.24) is 9.97 Å². The zero-order chi connectivity index (χ0) is 18.2. The minimum absolute atomic E-state index is 0.180. The van der Waals surface area contributed by atoms with E-state index in [0.29, 0.717) is 23.2 Å². The van der Waals surface area contributed by atoms with Gasteiger partial charge in [0.1, 0.15) is 5.75 Å². The fourth-order valence-corrected chi connectivity index (χ4v) is 3.06. The number of thioether (sulfide) groups is 1. The SMILES string of the molecule is CCCc1cc(=O)[nH]c(S[C@@H](C)C(=O)Nc2ccccc2OCC)n1. The number of rotatable bonds is 8. The van der Waals surface area contributed by atoms with Crippen molar-refractivity contribution >= 4 is 23.4 Å². The minimum Gasteiger partial charge on any atom is -0.492 e. The van der Waals surface area contributed by atoms with Crippen LogP contribution in [0.2, 0.25) is 0 Å². The summed E-state index contributed by atoms with van der Waals surface area (Å²) in [6, 6.07) is 8.79. The molecule has 7 heteroatoms. The lowest BCUT2D eigenvalue weighted by molar-refractivity contribution is -0.115. The molecular formula is C18H23N3O3S. The van der Waals surface area contributed by atoms with Crippen molar-refractivity contribution in [2.45, 2.75) is 44.0 Å². The first-order valence-electron chi connectivity index (χ1n) is 8.33. The smallest absolute Gasteiger partial charge is 0.251 e. The van der Waals surface area contributed by atoms with Gasteiger partial charge in [0.25, 0.3) is 5.56 Å². The molecular weight excluding hydrogens is 338 g/mol. The van der Waals surface area contributed by atoms with Crippen LogP contribution < -0.4 is 15.6 Å². The molecule has 0 fully saturated rings. The minimum atomic E-state index is -0.422. The highest BCUT2D eigenvalue weighted by atomic mass is 32.2. The number of carbonyl (C=O) groups is 1. The van der Waals surface area contributed by atoms with Crippen molar-refractivity contribution in [3.05, 3.63) is 46.4 Å². The molecule has 1 aromatic carbocycles. The first kappa shape index (κ1) is 19.1. The standard InChI is InChI=1S/C18H23N3O3S/c1-4-8-13-11-16(22)21-18(19-13)25-12(3)17(23)20-14-9-6-7-10-15(14)24-5-2/h6-7,9-12H,4-5,8H2,1-3H3,(H,20,23)(H,19,21,22)/t12-/m0/s1. The van der Waals surface area contributed by atoms with E-state index in [1.165, 1.54) is 17.8 Å². The van der Waals surface area contributed by atoms with E-state index in [1.54, 1.807) is 13.0 Å². The van der Waals surface area contributed by atoms with Crippen LogP contribution in [-0.4, -0.2) is 27.7 Å². The highest BCUT2D eigenvalue weighted by Gasteiger charge is 2.18. The van der Waals surface area contributed by atoms with Gasteiger partial charge >= 0.3 is 0 Å². The third-order valence-corrected chi connectivity index (χ3v) is 4.37. The number of aromatic amines is 1. The Morgan fingerprint density at radius 1 is 1.36 bits per heavy atom. The van der Waals surface area contributed by atoms with Gasteiger partial charge in [0, 0.05) is 11.8 Å². The van der Waals surface area contributed by atoms with Crippen LogP contribution in [0.25, 0.3) is 0 Å². The number of aromatic nitrogens is 2. The van der Waals surface area contributed by atoms with Gasteiger partial charge in [0.15, 0.2) is 5.16 Å². The summed E-state index contributed by atoms with van der Waals surface area (Å²) in [5.41, 5.74) is 1.17. The summed E-state index contributed by atoms with van der Waals surface area (Å²) in [5, 5.41) is 2.90. The fourth-order valence-electron chi connectivity index (χ4n) is 2.23. The van der Waals surface area contributed by atoms with E-state index in [4.69, 9.17) is 4.74 Å². The molecule has 0 aliphatic rings. The van der Waals surface area contributed by atoms with Gasteiger partial charge in [-0.05, 0) is 32.4 Å². The van der Waals surface area contributed by atoms with Gasteiger partial charge in [0.05, 0.1) is 17.5 Å².